The third-order valence-corrected chi connectivity index (χ3v) is 4.27. The Bertz CT molecular complexity index is 250. The van der Waals surface area contributed by atoms with Crippen molar-refractivity contribution in [3.05, 3.63) is 22.4 Å². The Morgan fingerprint density at radius 1 is 1.27 bits per heavy atom. The van der Waals surface area contributed by atoms with Crippen LogP contribution in [0.4, 0.5) is 0 Å². The van der Waals surface area contributed by atoms with Crippen LogP contribution < -0.4 is 5.32 Å². The Morgan fingerprint density at radius 3 is 2.87 bits per heavy atom. The van der Waals surface area contributed by atoms with Crippen LogP contribution in [0.3, 0.4) is 0 Å². The van der Waals surface area contributed by atoms with Crippen LogP contribution in [0.25, 0.3) is 0 Å². The maximum atomic E-state index is 3.56. The van der Waals surface area contributed by atoms with Crippen molar-refractivity contribution in [3.8, 4) is 0 Å². The van der Waals surface area contributed by atoms with Gasteiger partial charge in [-0.05, 0) is 43.3 Å². The summed E-state index contributed by atoms with van der Waals surface area (Å²) < 4.78 is 0. The lowest BCUT2D eigenvalue weighted by atomic mass is 10.0. The van der Waals surface area contributed by atoms with Crippen LogP contribution in [0.2, 0.25) is 0 Å². The molecule has 1 heterocycles. The van der Waals surface area contributed by atoms with E-state index >= 15 is 0 Å². The minimum Gasteiger partial charge on any atom is -0.316 e. The molecule has 0 unspecified atom stereocenters. The quantitative estimate of drug-likeness (QED) is 0.728. The predicted octanol–water partition coefficient (Wildman–Crippen LogP) is 3.46. The van der Waals surface area contributed by atoms with Crippen molar-refractivity contribution in [1.82, 2.24) is 5.32 Å². The summed E-state index contributed by atoms with van der Waals surface area (Å²) in [5.74, 6) is 1.03. The average molecular weight is 223 g/mol. The summed E-state index contributed by atoms with van der Waals surface area (Å²) in [6.07, 6.45) is 8.49. The molecule has 1 aliphatic carbocycles. The molecule has 2 rings (SSSR count). The molecular formula is C13H21NS. The minimum atomic E-state index is 1.03. The molecule has 1 aromatic rings. The van der Waals surface area contributed by atoms with Gasteiger partial charge in [0.2, 0.25) is 0 Å². The van der Waals surface area contributed by atoms with Crippen LogP contribution in [0.15, 0.2) is 17.5 Å². The van der Waals surface area contributed by atoms with E-state index in [0.717, 1.165) is 12.5 Å². The third kappa shape index (κ3) is 3.96. The van der Waals surface area contributed by atoms with Crippen LogP contribution in [0.5, 0.6) is 0 Å². The molecule has 0 amide bonds. The highest BCUT2D eigenvalue weighted by Crippen LogP contribution is 2.26. The van der Waals surface area contributed by atoms with E-state index in [1.807, 2.05) is 11.3 Å². The Morgan fingerprint density at radius 2 is 2.13 bits per heavy atom. The molecule has 1 fully saturated rings. The lowest BCUT2D eigenvalue weighted by molar-refractivity contribution is 0.479. The highest BCUT2D eigenvalue weighted by molar-refractivity contribution is 7.09. The van der Waals surface area contributed by atoms with Gasteiger partial charge < -0.3 is 5.32 Å². The standard InChI is InChI=1S/C13H21NS/c1-2-5-12(4-1)7-9-14-10-8-13-6-3-11-15-13/h3,6,11-12,14H,1-2,4-5,7-10H2. The van der Waals surface area contributed by atoms with Crippen LogP contribution in [-0.4, -0.2) is 13.1 Å². The van der Waals surface area contributed by atoms with Gasteiger partial charge in [-0.1, -0.05) is 31.7 Å². The van der Waals surface area contributed by atoms with Crippen molar-refractivity contribution in [2.45, 2.75) is 38.5 Å². The molecule has 0 spiro atoms. The molecule has 15 heavy (non-hydrogen) atoms. The van der Waals surface area contributed by atoms with Gasteiger partial charge in [0.25, 0.3) is 0 Å². The van der Waals surface area contributed by atoms with Gasteiger partial charge in [-0.3, -0.25) is 0 Å². The van der Waals surface area contributed by atoms with Crippen molar-refractivity contribution >= 4 is 11.3 Å². The lowest BCUT2D eigenvalue weighted by Gasteiger charge is -2.09. The van der Waals surface area contributed by atoms with E-state index in [9.17, 15) is 0 Å². The van der Waals surface area contributed by atoms with Crippen molar-refractivity contribution in [2.24, 2.45) is 5.92 Å². The highest BCUT2D eigenvalue weighted by atomic mass is 32.1. The second-order valence-corrected chi connectivity index (χ2v) is 5.55. The Labute approximate surface area is 96.9 Å². The van der Waals surface area contributed by atoms with Gasteiger partial charge in [-0.2, -0.15) is 0 Å². The highest BCUT2D eigenvalue weighted by Gasteiger charge is 2.13. The van der Waals surface area contributed by atoms with Crippen molar-refractivity contribution in [3.63, 3.8) is 0 Å². The second kappa shape index (κ2) is 6.29. The monoisotopic (exact) mass is 223 g/mol. The van der Waals surface area contributed by atoms with Gasteiger partial charge in [0.1, 0.15) is 0 Å². The number of thiophene rings is 1. The van der Waals surface area contributed by atoms with Gasteiger partial charge in [0, 0.05) is 4.88 Å². The third-order valence-electron chi connectivity index (χ3n) is 3.33. The first-order valence-electron chi connectivity index (χ1n) is 6.18. The van der Waals surface area contributed by atoms with Crippen molar-refractivity contribution < 1.29 is 0 Å². The zero-order valence-corrected chi connectivity index (χ0v) is 10.2. The first-order valence-corrected chi connectivity index (χ1v) is 7.06. The topological polar surface area (TPSA) is 12.0 Å². The number of hydrogen-bond acceptors (Lipinski definition) is 2. The minimum absolute atomic E-state index is 1.03. The summed E-state index contributed by atoms with van der Waals surface area (Å²) >= 11 is 1.87. The van der Waals surface area contributed by atoms with E-state index in [-0.39, 0.29) is 0 Å². The fourth-order valence-corrected chi connectivity index (χ4v) is 3.11. The van der Waals surface area contributed by atoms with Crippen LogP contribution >= 0.6 is 11.3 Å². The van der Waals surface area contributed by atoms with Gasteiger partial charge >= 0.3 is 0 Å². The van der Waals surface area contributed by atoms with Crippen LogP contribution in [0.1, 0.15) is 37.0 Å². The van der Waals surface area contributed by atoms with Crippen molar-refractivity contribution in [2.75, 3.05) is 13.1 Å². The summed E-state index contributed by atoms with van der Waals surface area (Å²) in [6.45, 7) is 2.36. The van der Waals surface area contributed by atoms with Gasteiger partial charge in [-0.25, -0.2) is 0 Å². The molecule has 0 saturated heterocycles. The molecule has 84 valence electrons. The average Bonchev–Trinajstić information content (AvgIpc) is 2.88. The maximum Gasteiger partial charge on any atom is 0.00578 e. The first kappa shape index (κ1) is 11.2. The molecule has 0 bridgehead atoms. The predicted molar refractivity (Wildman–Crippen MR) is 67.5 cm³/mol. The Hall–Kier alpha value is -0.340. The molecule has 2 heteroatoms. The largest absolute Gasteiger partial charge is 0.316 e. The SMILES string of the molecule is c1csc(CCNCCC2CCCC2)c1. The summed E-state index contributed by atoms with van der Waals surface area (Å²) in [4.78, 5) is 1.50. The van der Waals surface area contributed by atoms with Crippen LogP contribution in [-0.2, 0) is 6.42 Å². The normalized spacial score (nSPS) is 17.3. The molecule has 1 aliphatic rings. The van der Waals surface area contributed by atoms with E-state index in [0.29, 0.717) is 0 Å². The van der Waals surface area contributed by atoms with E-state index in [1.165, 1.54) is 49.9 Å². The van der Waals surface area contributed by atoms with Crippen molar-refractivity contribution in [1.29, 1.82) is 0 Å². The maximum absolute atomic E-state index is 3.56. The molecule has 0 radical (unpaired) electrons. The van der Waals surface area contributed by atoms with Gasteiger partial charge in [0.05, 0.1) is 0 Å². The molecule has 0 aliphatic heterocycles. The second-order valence-electron chi connectivity index (χ2n) is 4.52. The molecule has 0 atom stereocenters. The Kier molecular flexibility index (Phi) is 4.68. The molecular weight excluding hydrogens is 202 g/mol. The fourth-order valence-electron chi connectivity index (χ4n) is 2.40. The number of hydrogen-bond donors (Lipinski definition) is 1. The fraction of sp³-hybridized carbons (Fsp3) is 0.692. The summed E-state index contributed by atoms with van der Waals surface area (Å²) in [6, 6.07) is 4.36. The molecule has 1 aromatic heterocycles. The number of nitrogens with one attached hydrogen (secondary N) is 1. The zero-order valence-electron chi connectivity index (χ0n) is 9.37. The molecule has 1 nitrogen and oxygen atoms in total. The van der Waals surface area contributed by atoms with E-state index in [2.05, 4.69) is 22.8 Å². The van der Waals surface area contributed by atoms with E-state index in [4.69, 9.17) is 0 Å². The van der Waals surface area contributed by atoms with Crippen LogP contribution in [0, 0.1) is 5.92 Å². The smallest absolute Gasteiger partial charge is 0.00578 e. The first-order chi connectivity index (χ1) is 7.45. The molecule has 0 aromatic carbocycles. The summed E-state index contributed by atoms with van der Waals surface area (Å²) in [7, 11) is 0. The molecule has 1 saturated carbocycles. The summed E-state index contributed by atoms with van der Waals surface area (Å²) in [5, 5.41) is 5.72. The van der Waals surface area contributed by atoms with Gasteiger partial charge in [-0.15, -0.1) is 11.3 Å². The zero-order chi connectivity index (χ0) is 10.3. The Balaban J connectivity index is 1.48. The lowest BCUT2D eigenvalue weighted by Crippen LogP contribution is -2.19. The van der Waals surface area contributed by atoms with Gasteiger partial charge in [0.15, 0.2) is 0 Å². The number of rotatable bonds is 6. The van der Waals surface area contributed by atoms with E-state index in [1.54, 1.807) is 0 Å². The summed E-state index contributed by atoms with van der Waals surface area (Å²) in [5.41, 5.74) is 0. The van der Waals surface area contributed by atoms with E-state index < -0.39 is 0 Å². The molecule has 1 N–H and O–H groups in total.